The Labute approximate surface area is 102 Å². The summed E-state index contributed by atoms with van der Waals surface area (Å²) in [4.78, 5) is 10.6. The van der Waals surface area contributed by atoms with E-state index in [0.29, 0.717) is 5.02 Å². The van der Waals surface area contributed by atoms with Crippen LogP contribution >= 0.6 is 34.2 Å². The number of hydrogen-bond donors (Lipinski definition) is 0. The number of hydrogen-bond acceptors (Lipinski definition) is 3. The van der Waals surface area contributed by atoms with Crippen molar-refractivity contribution < 1.29 is 0 Å². The Morgan fingerprint density at radius 1 is 1.29 bits per heavy atom. The van der Waals surface area contributed by atoms with Gasteiger partial charge in [0, 0.05) is 17.0 Å². The van der Waals surface area contributed by atoms with Crippen LogP contribution in [0.15, 0.2) is 12.4 Å². The van der Waals surface area contributed by atoms with Crippen LogP contribution in [0.25, 0.3) is 0 Å². The molecule has 3 nitrogen and oxygen atoms in total. The third-order valence-corrected chi connectivity index (χ3v) is 3.75. The molecule has 0 radical (unpaired) electrons. The zero-order valence-corrected chi connectivity index (χ0v) is 10.6. The lowest BCUT2D eigenvalue weighted by Crippen LogP contribution is -2.34. The summed E-state index contributed by atoms with van der Waals surface area (Å²) in [5, 5.41) is 0.595. The smallest absolute Gasteiger partial charge is 0.225 e. The summed E-state index contributed by atoms with van der Waals surface area (Å²) in [6.07, 6.45) is 5.74. The Bertz CT molecular complexity index is 295. The molecule has 1 aliphatic heterocycles. The van der Waals surface area contributed by atoms with Gasteiger partial charge in [0.05, 0.1) is 17.4 Å². The normalized spacial score (nSPS) is 18.6. The van der Waals surface area contributed by atoms with Gasteiger partial charge in [0.1, 0.15) is 0 Å². The lowest BCUT2D eigenvalue weighted by atomic mass is 10.1. The summed E-state index contributed by atoms with van der Waals surface area (Å²) in [6, 6.07) is 0. The molecule has 1 aromatic rings. The van der Waals surface area contributed by atoms with Crippen LogP contribution < -0.4 is 4.90 Å². The van der Waals surface area contributed by atoms with Crippen molar-refractivity contribution in [1.82, 2.24) is 9.97 Å². The van der Waals surface area contributed by atoms with Gasteiger partial charge in [-0.15, -0.1) is 0 Å². The van der Waals surface area contributed by atoms with Crippen LogP contribution in [0.1, 0.15) is 12.8 Å². The molecular weight excluding hydrogens is 312 g/mol. The fourth-order valence-electron chi connectivity index (χ4n) is 1.52. The van der Waals surface area contributed by atoms with Crippen molar-refractivity contribution in [1.29, 1.82) is 0 Å². The minimum atomic E-state index is 0.595. The monoisotopic (exact) mass is 323 g/mol. The first-order valence-corrected chi connectivity index (χ1v) is 6.24. The van der Waals surface area contributed by atoms with E-state index in [0.717, 1.165) is 23.0 Å². The van der Waals surface area contributed by atoms with Gasteiger partial charge in [-0.25, -0.2) is 9.97 Å². The molecule has 0 spiro atoms. The number of halogens is 2. The number of aromatic nitrogens is 2. The number of alkyl halides is 1. The molecule has 1 aromatic heterocycles. The van der Waals surface area contributed by atoms with Crippen molar-refractivity contribution in [3.05, 3.63) is 17.4 Å². The molecule has 5 heteroatoms. The lowest BCUT2D eigenvalue weighted by Gasteiger charge is -2.29. The molecule has 1 saturated heterocycles. The molecule has 1 aliphatic rings. The first-order chi connectivity index (χ1) is 6.75. The van der Waals surface area contributed by atoms with Crippen LogP contribution in [-0.4, -0.2) is 27.0 Å². The molecule has 76 valence electrons. The first kappa shape index (κ1) is 10.4. The third-order valence-electron chi connectivity index (χ3n) is 2.31. The van der Waals surface area contributed by atoms with Crippen LogP contribution in [0.3, 0.4) is 0 Å². The van der Waals surface area contributed by atoms with Crippen LogP contribution in [0.4, 0.5) is 5.95 Å². The van der Waals surface area contributed by atoms with E-state index < -0.39 is 0 Å². The topological polar surface area (TPSA) is 29.0 Å². The van der Waals surface area contributed by atoms with Gasteiger partial charge in [-0.2, -0.15) is 0 Å². The standard InChI is InChI=1S/C9H11ClIN3/c10-7-5-12-9(13-6-7)14-3-1-8(11)2-4-14/h5-6,8H,1-4H2. The fourth-order valence-corrected chi connectivity index (χ4v) is 2.17. The number of nitrogens with zero attached hydrogens (tertiary/aromatic N) is 3. The van der Waals surface area contributed by atoms with Crippen molar-refractivity contribution in [2.45, 2.75) is 16.8 Å². The van der Waals surface area contributed by atoms with Gasteiger partial charge in [-0.1, -0.05) is 34.2 Å². The summed E-state index contributed by atoms with van der Waals surface area (Å²) in [5.74, 6) is 0.803. The number of rotatable bonds is 1. The predicted octanol–water partition coefficient (Wildman–Crippen LogP) is 2.53. The van der Waals surface area contributed by atoms with Gasteiger partial charge >= 0.3 is 0 Å². The van der Waals surface area contributed by atoms with E-state index in [9.17, 15) is 0 Å². The van der Waals surface area contributed by atoms with Crippen molar-refractivity contribution in [2.75, 3.05) is 18.0 Å². The second kappa shape index (κ2) is 4.61. The van der Waals surface area contributed by atoms with Gasteiger partial charge in [-0.05, 0) is 12.8 Å². The van der Waals surface area contributed by atoms with Crippen LogP contribution in [0, 0.1) is 0 Å². The molecule has 0 aromatic carbocycles. The highest BCUT2D eigenvalue weighted by Gasteiger charge is 2.18. The molecule has 14 heavy (non-hydrogen) atoms. The van der Waals surface area contributed by atoms with Crippen molar-refractivity contribution in [2.24, 2.45) is 0 Å². The molecule has 0 bridgehead atoms. The van der Waals surface area contributed by atoms with Crippen molar-refractivity contribution in [3.8, 4) is 0 Å². The Balaban J connectivity index is 2.05. The minimum absolute atomic E-state index is 0.595. The molecule has 0 saturated carbocycles. The van der Waals surface area contributed by atoms with Crippen molar-refractivity contribution in [3.63, 3.8) is 0 Å². The largest absolute Gasteiger partial charge is 0.341 e. The SMILES string of the molecule is Clc1cnc(N2CCC(I)CC2)nc1. The highest BCUT2D eigenvalue weighted by molar-refractivity contribution is 14.1. The molecule has 0 amide bonds. The maximum atomic E-state index is 5.73. The zero-order chi connectivity index (χ0) is 9.97. The molecule has 2 rings (SSSR count). The van der Waals surface area contributed by atoms with Crippen molar-refractivity contribution >= 4 is 40.1 Å². The maximum absolute atomic E-state index is 5.73. The van der Waals surface area contributed by atoms with Gasteiger partial charge < -0.3 is 4.90 Å². The fraction of sp³-hybridized carbons (Fsp3) is 0.556. The minimum Gasteiger partial charge on any atom is -0.341 e. The van der Waals surface area contributed by atoms with E-state index in [1.165, 1.54) is 12.8 Å². The average molecular weight is 324 g/mol. The predicted molar refractivity (Wildman–Crippen MR) is 66.3 cm³/mol. The molecule has 1 fully saturated rings. The summed E-state index contributed by atoms with van der Waals surface area (Å²) in [7, 11) is 0. The van der Waals surface area contributed by atoms with Gasteiger partial charge in [0.15, 0.2) is 0 Å². The first-order valence-electron chi connectivity index (χ1n) is 4.62. The zero-order valence-electron chi connectivity index (χ0n) is 7.66. The van der Waals surface area contributed by atoms with Crippen LogP contribution in [0.2, 0.25) is 5.02 Å². The van der Waals surface area contributed by atoms with E-state index in [2.05, 4.69) is 37.5 Å². The van der Waals surface area contributed by atoms with Gasteiger partial charge in [-0.3, -0.25) is 0 Å². The molecule has 0 atom stereocenters. The summed E-state index contributed by atoms with van der Waals surface area (Å²) >= 11 is 8.23. The third kappa shape index (κ3) is 2.48. The second-order valence-corrected chi connectivity index (χ2v) is 5.56. The lowest BCUT2D eigenvalue weighted by molar-refractivity contribution is 0.594. The Kier molecular flexibility index (Phi) is 3.43. The van der Waals surface area contributed by atoms with E-state index in [-0.39, 0.29) is 0 Å². The highest BCUT2D eigenvalue weighted by atomic mass is 127. The Hall–Kier alpha value is -0.100. The van der Waals surface area contributed by atoms with Gasteiger partial charge in [0.2, 0.25) is 5.95 Å². The van der Waals surface area contributed by atoms with Gasteiger partial charge in [0.25, 0.3) is 0 Å². The Morgan fingerprint density at radius 3 is 2.43 bits per heavy atom. The quantitative estimate of drug-likeness (QED) is 0.587. The molecular formula is C9H11ClIN3. The average Bonchev–Trinajstić information content (AvgIpc) is 2.21. The maximum Gasteiger partial charge on any atom is 0.225 e. The van der Waals surface area contributed by atoms with E-state index in [1.807, 2.05) is 0 Å². The summed E-state index contributed by atoms with van der Waals surface area (Å²) < 4.78 is 0.802. The van der Waals surface area contributed by atoms with E-state index in [1.54, 1.807) is 12.4 Å². The second-order valence-electron chi connectivity index (χ2n) is 3.36. The highest BCUT2D eigenvalue weighted by Crippen LogP contribution is 2.21. The molecule has 0 unspecified atom stereocenters. The Morgan fingerprint density at radius 2 is 1.86 bits per heavy atom. The molecule has 0 N–H and O–H groups in total. The number of piperidine rings is 1. The van der Waals surface area contributed by atoms with Crippen LogP contribution in [0.5, 0.6) is 0 Å². The molecule has 2 heterocycles. The van der Waals surface area contributed by atoms with E-state index in [4.69, 9.17) is 11.6 Å². The molecule has 0 aliphatic carbocycles. The number of anilines is 1. The van der Waals surface area contributed by atoms with E-state index >= 15 is 0 Å². The summed E-state index contributed by atoms with van der Waals surface area (Å²) in [5.41, 5.74) is 0. The van der Waals surface area contributed by atoms with Crippen LogP contribution in [-0.2, 0) is 0 Å². The summed E-state index contributed by atoms with van der Waals surface area (Å²) in [6.45, 7) is 2.10.